The Bertz CT molecular complexity index is 352. The summed E-state index contributed by atoms with van der Waals surface area (Å²) in [5.41, 5.74) is 0.919. The highest BCUT2D eigenvalue weighted by Crippen LogP contribution is 2.22. The zero-order chi connectivity index (χ0) is 10.0. The van der Waals surface area contributed by atoms with Gasteiger partial charge in [0.05, 0.1) is 10.4 Å². The molecule has 70 valence electrons. The number of hydrogen-bond acceptors (Lipinski definition) is 1. The number of halogens is 3. The number of ketones is 1. The van der Waals surface area contributed by atoms with E-state index >= 15 is 0 Å². The van der Waals surface area contributed by atoms with E-state index in [1.165, 1.54) is 6.07 Å². The monoisotopic (exact) mass is 264 g/mol. The van der Waals surface area contributed by atoms with Crippen molar-refractivity contribution in [1.29, 1.82) is 0 Å². The van der Waals surface area contributed by atoms with Crippen molar-refractivity contribution in [3.05, 3.63) is 34.1 Å². The molecule has 4 heteroatoms. The van der Waals surface area contributed by atoms with E-state index in [1.807, 2.05) is 0 Å². The lowest BCUT2D eigenvalue weighted by Crippen LogP contribution is -2.02. The first-order chi connectivity index (χ1) is 6.06. The van der Waals surface area contributed by atoms with Crippen molar-refractivity contribution in [2.24, 2.45) is 0 Å². The van der Waals surface area contributed by atoms with Crippen molar-refractivity contribution in [2.75, 3.05) is 5.33 Å². The molecule has 1 aromatic rings. The fourth-order valence-electron chi connectivity index (χ4n) is 0.999. The average Bonchev–Trinajstić information content (AvgIpc) is 2.10. The minimum absolute atomic E-state index is 0.102. The molecule has 0 unspecified atom stereocenters. The lowest BCUT2D eigenvalue weighted by molar-refractivity contribution is 0.102. The van der Waals surface area contributed by atoms with Crippen molar-refractivity contribution in [3.8, 4) is 0 Å². The molecular formula is C9H7BrClFO. The summed E-state index contributed by atoms with van der Waals surface area (Å²) in [5, 5.41) is 0.0466. The quantitative estimate of drug-likeness (QED) is 0.592. The van der Waals surface area contributed by atoms with E-state index in [0.717, 1.165) is 0 Å². The molecule has 1 aromatic carbocycles. The Morgan fingerprint density at radius 3 is 2.77 bits per heavy atom. The first-order valence-corrected chi connectivity index (χ1v) is 5.11. The maximum atomic E-state index is 13.0. The van der Waals surface area contributed by atoms with Crippen LogP contribution in [0.1, 0.15) is 15.9 Å². The van der Waals surface area contributed by atoms with E-state index in [0.29, 0.717) is 5.56 Å². The van der Waals surface area contributed by atoms with Gasteiger partial charge in [0.25, 0.3) is 0 Å². The van der Waals surface area contributed by atoms with Crippen LogP contribution < -0.4 is 0 Å². The van der Waals surface area contributed by atoms with Crippen LogP contribution in [0.15, 0.2) is 12.1 Å². The van der Waals surface area contributed by atoms with Gasteiger partial charge in [-0.2, -0.15) is 0 Å². The van der Waals surface area contributed by atoms with Crippen LogP contribution in [0.5, 0.6) is 0 Å². The van der Waals surface area contributed by atoms with E-state index in [2.05, 4.69) is 15.9 Å². The number of carbonyl (C=O) groups is 1. The molecule has 0 radical (unpaired) electrons. The lowest BCUT2D eigenvalue weighted by atomic mass is 10.1. The second-order valence-corrected chi connectivity index (χ2v) is 3.60. The maximum absolute atomic E-state index is 13.0. The summed E-state index contributed by atoms with van der Waals surface area (Å²) in [5.74, 6) is -0.765. The van der Waals surface area contributed by atoms with E-state index in [-0.39, 0.29) is 21.7 Å². The Kier molecular flexibility index (Phi) is 3.45. The summed E-state index contributed by atoms with van der Waals surface area (Å²) in [4.78, 5) is 11.2. The molecule has 0 fully saturated rings. The van der Waals surface area contributed by atoms with E-state index < -0.39 is 5.82 Å². The Labute approximate surface area is 89.0 Å². The van der Waals surface area contributed by atoms with Crippen LogP contribution in [0.25, 0.3) is 0 Å². The topological polar surface area (TPSA) is 17.1 Å². The summed E-state index contributed by atoms with van der Waals surface area (Å²) in [7, 11) is 0. The molecule has 0 atom stereocenters. The molecule has 0 N–H and O–H groups in total. The van der Waals surface area contributed by atoms with Crippen molar-refractivity contribution >= 4 is 33.3 Å². The highest BCUT2D eigenvalue weighted by molar-refractivity contribution is 9.09. The molecule has 0 saturated heterocycles. The Morgan fingerprint density at radius 1 is 1.62 bits per heavy atom. The van der Waals surface area contributed by atoms with Gasteiger partial charge in [-0.3, -0.25) is 4.79 Å². The van der Waals surface area contributed by atoms with Crippen LogP contribution >= 0.6 is 27.5 Å². The number of Topliss-reactive ketones (excluding diaryl/α,β-unsaturated/α-hetero) is 1. The van der Waals surface area contributed by atoms with Crippen molar-refractivity contribution in [1.82, 2.24) is 0 Å². The van der Waals surface area contributed by atoms with Crippen molar-refractivity contribution in [3.63, 3.8) is 0 Å². The van der Waals surface area contributed by atoms with Crippen LogP contribution in [-0.2, 0) is 0 Å². The van der Waals surface area contributed by atoms with Crippen LogP contribution in [0, 0.1) is 12.7 Å². The molecular weight excluding hydrogens is 258 g/mol. The van der Waals surface area contributed by atoms with E-state index in [1.54, 1.807) is 13.0 Å². The van der Waals surface area contributed by atoms with Gasteiger partial charge in [0.15, 0.2) is 5.78 Å². The van der Waals surface area contributed by atoms with Crippen molar-refractivity contribution < 1.29 is 9.18 Å². The second-order valence-electron chi connectivity index (χ2n) is 2.67. The zero-order valence-corrected chi connectivity index (χ0v) is 9.25. The number of carbonyl (C=O) groups excluding carboxylic acids is 1. The van der Waals surface area contributed by atoms with Crippen molar-refractivity contribution in [2.45, 2.75) is 6.92 Å². The minimum atomic E-state index is -0.550. The molecule has 13 heavy (non-hydrogen) atoms. The van der Waals surface area contributed by atoms with Gasteiger partial charge in [-0.15, -0.1) is 0 Å². The fourth-order valence-corrected chi connectivity index (χ4v) is 1.52. The molecule has 0 spiro atoms. The number of alkyl halides is 1. The molecule has 0 aromatic heterocycles. The summed E-state index contributed by atoms with van der Waals surface area (Å²) in [6.45, 7) is 1.71. The predicted molar refractivity (Wildman–Crippen MR) is 54.3 cm³/mol. The minimum Gasteiger partial charge on any atom is -0.293 e. The first kappa shape index (κ1) is 10.7. The van der Waals surface area contributed by atoms with Gasteiger partial charge < -0.3 is 0 Å². The molecule has 0 aliphatic carbocycles. The maximum Gasteiger partial charge on any atom is 0.174 e. The highest BCUT2D eigenvalue weighted by atomic mass is 79.9. The molecule has 1 nitrogen and oxygen atoms in total. The molecule has 0 bridgehead atoms. The first-order valence-electron chi connectivity index (χ1n) is 3.61. The third-order valence-electron chi connectivity index (χ3n) is 1.59. The number of hydrogen-bond donors (Lipinski definition) is 0. The SMILES string of the molecule is Cc1cc(F)c(Cl)c(C(=O)CBr)c1. The van der Waals surface area contributed by atoms with E-state index in [4.69, 9.17) is 11.6 Å². The Hall–Kier alpha value is -0.410. The smallest absolute Gasteiger partial charge is 0.174 e. The summed E-state index contributed by atoms with van der Waals surface area (Å²) in [6, 6.07) is 2.88. The molecule has 0 heterocycles. The molecule has 0 saturated carbocycles. The van der Waals surface area contributed by atoms with Crippen LogP contribution in [0.3, 0.4) is 0 Å². The van der Waals surface area contributed by atoms with Gasteiger partial charge in [-0.25, -0.2) is 4.39 Å². The standard InChI is InChI=1S/C9H7BrClFO/c1-5-2-6(8(13)4-10)9(11)7(12)3-5/h2-3H,4H2,1H3. The predicted octanol–water partition coefficient (Wildman–Crippen LogP) is 3.37. The largest absolute Gasteiger partial charge is 0.293 e. The highest BCUT2D eigenvalue weighted by Gasteiger charge is 2.13. The van der Waals surface area contributed by atoms with Gasteiger partial charge in [0.2, 0.25) is 0 Å². The number of rotatable bonds is 2. The van der Waals surface area contributed by atoms with Gasteiger partial charge >= 0.3 is 0 Å². The normalized spacial score (nSPS) is 10.2. The van der Waals surface area contributed by atoms with Gasteiger partial charge in [0, 0.05) is 5.56 Å². The summed E-state index contributed by atoms with van der Waals surface area (Å²) < 4.78 is 13.0. The molecule has 0 amide bonds. The second kappa shape index (κ2) is 4.20. The third-order valence-corrected chi connectivity index (χ3v) is 2.49. The molecule has 1 rings (SSSR count). The Morgan fingerprint density at radius 2 is 2.23 bits per heavy atom. The van der Waals surface area contributed by atoms with Crippen LogP contribution in [0.2, 0.25) is 5.02 Å². The van der Waals surface area contributed by atoms with Gasteiger partial charge in [-0.1, -0.05) is 27.5 Å². The lowest BCUT2D eigenvalue weighted by Gasteiger charge is -2.03. The summed E-state index contributed by atoms with van der Waals surface area (Å²) in [6.07, 6.45) is 0. The fraction of sp³-hybridized carbons (Fsp3) is 0.222. The van der Waals surface area contributed by atoms with Crippen LogP contribution in [0.4, 0.5) is 4.39 Å². The molecule has 0 aliphatic heterocycles. The van der Waals surface area contributed by atoms with E-state index in [9.17, 15) is 9.18 Å². The average molecular weight is 266 g/mol. The number of aryl methyl sites for hydroxylation is 1. The zero-order valence-electron chi connectivity index (χ0n) is 6.90. The molecule has 0 aliphatic rings. The number of benzene rings is 1. The third kappa shape index (κ3) is 2.29. The Balaban J connectivity index is 3.28. The summed E-state index contributed by atoms with van der Waals surface area (Å²) >= 11 is 8.63. The van der Waals surface area contributed by atoms with Crippen LogP contribution in [-0.4, -0.2) is 11.1 Å². The van der Waals surface area contributed by atoms with Gasteiger partial charge in [-0.05, 0) is 24.6 Å². The van der Waals surface area contributed by atoms with Gasteiger partial charge in [0.1, 0.15) is 5.82 Å².